The standard InChI is InChI=1S/C20H19BrN4O2/c1-14-12-18(25(24-14)17-9-5-8-16(21)13-17)23-19(26)10-11-22-20(27)15-6-3-2-4-7-15/h2-9,12-13H,10-11H2,1H3,(H,22,27)(H,23,26). The van der Waals surface area contributed by atoms with Crippen molar-refractivity contribution in [3.05, 3.63) is 76.4 Å². The van der Waals surface area contributed by atoms with Crippen molar-refractivity contribution < 1.29 is 9.59 Å². The minimum Gasteiger partial charge on any atom is -0.352 e. The first-order chi connectivity index (χ1) is 13.0. The number of carbonyl (C=O) groups excluding carboxylic acids is 2. The molecule has 3 rings (SSSR count). The van der Waals surface area contributed by atoms with E-state index in [-0.39, 0.29) is 24.8 Å². The Morgan fingerprint density at radius 1 is 1.07 bits per heavy atom. The van der Waals surface area contributed by atoms with Crippen LogP contribution in [0, 0.1) is 6.92 Å². The van der Waals surface area contributed by atoms with Gasteiger partial charge in [-0.2, -0.15) is 5.10 Å². The normalized spacial score (nSPS) is 10.4. The lowest BCUT2D eigenvalue weighted by Gasteiger charge is -2.10. The van der Waals surface area contributed by atoms with E-state index in [2.05, 4.69) is 31.7 Å². The molecule has 2 aromatic carbocycles. The molecule has 1 heterocycles. The molecule has 6 nitrogen and oxygen atoms in total. The van der Waals surface area contributed by atoms with E-state index in [1.54, 1.807) is 35.0 Å². The summed E-state index contributed by atoms with van der Waals surface area (Å²) in [6, 6.07) is 18.4. The van der Waals surface area contributed by atoms with Crippen LogP contribution in [0.5, 0.6) is 0 Å². The highest BCUT2D eigenvalue weighted by Gasteiger charge is 2.12. The van der Waals surface area contributed by atoms with Crippen molar-refractivity contribution in [2.45, 2.75) is 13.3 Å². The maximum Gasteiger partial charge on any atom is 0.251 e. The average molecular weight is 427 g/mol. The molecule has 0 unspecified atom stereocenters. The van der Waals surface area contributed by atoms with E-state index in [9.17, 15) is 9.59 Å². The van der Waals surface area contributed by atoms with Crippen molar-refractivity contribution in [2.75, 3.05) is 11.9 Å². The van der Waals surface area contributed by atoms with Crippen LogP contribution < -0.4 is 10.6 Å². The molecular formula is C20H19BrN4O2. The molecule has 0 bridgehead atoms. The first kappa shape index (κ1) is 18.8. The molecule has 0 saturated heterocycles. The Morgan fingerprint density at radius 3 is 2.59 bits per heavy atom. The number of halogens is 1. The van der Waals surface area contributed by atoms with E-state index in [1.807, 2.05) is 37.3 Å². The molecule has 0 fully saturated rings. The van der Waals surface area contributed by atoms with Gasteiger partial charge in [0.2, 0.25) is 5.91 Å². The number of benzene rings is 2. The van der Waals surface area contributed by atoms with Crippen LogP contribution in [-0.4, -0.2) is 28.1 Å². The minimum absolute atomic E-state index is 0.168. The third kappa shape index (κ3) is 5.04. The molecule has 0 aliphatic carbocycles. The van der Waals surface area contributed by atoms with E-state index in [0.717, 1.165) is 15.9 Å². The Bertz CT molecular complexity index is 954. The number of amides is 2. The molecule has 138 valence electrons. The predicted octanol–water partition coefficient (Wildman–Crippen LogP) is 3.70. The number of carbonyl (C=O) groups is 2. The van der Waals surface area contributed by atoms with E-state index >= 15 is 0 Å². The van der Waals surface area contributed by atoms with E-state index < -0.39 is 0 Å². The van der Waals surface area contributed by atoms with Gasteiger partial charge >= 0.3 is 0 Å². The van der Waals surface area contributed by atoms with Crippen LogP contribution in [0.15, 0.2) is 65.1 Å². The summed E-state index contributed by atoms with van der Waals surface area (Å²) in [5.74, 6) is 0.197. The van der Waals surface area contributed by atoms with Crippen LogP contribution in [0.2, 0.25) is 0 Å². The second-order valence-electron chi connectivity index (χ2n) is 5.98. The number of aryl methyl sites for hydroxylation is 1. The molecule has 0 atom stereocenters. The van der Waals surface area contributed by atoms with E-state index in [4.69, 9.17) is 0 Å². The number of nitrogens with one attached hydrogen (secondary N) is 2. The number of aromatic nitrogens is 2. The summed E-state index contributed by atoms with van der Waals surface area (Å²) in [4.78, 5) is 24.3. The van der Waals surface area contributed by atoms with E-state index in [1.165, 1.54) is 0 Å². The Hall–Kier alpha value is -2.93. The van der Waals surface area contributed by atoms with Gasteiger partial charge in [-0.25, -0.2) is 4.68 Å². The second kappa shape index (κ2) is 8.64. The first-order valence-electron chi connectivity index (χ1n) is 8.48. The summed E-state index contributed by atoms with van der Waals surface area (Å²) in [6.07, 6.45) is 0.168. The lowest BCUT2D eigenvalue weighted by molar-refractivity contribution is -0.116. The summed E-state index contributed by atoms with van der Waals surface area (Å²) in [5.41, 5.74) is 2.20. The number of anilines is 1. The summed E-state index contributed by atoms with van der Waals surface area (Å²) >= 11 is 3.44. The SMILES string of the molecule is Cc1cc(NC(=O)CCNC(=O)c2ccccc2)n(-c2cccc(Br)c2)n1. The summed E-state index contributed by atoms with van der Waals surface area (Å²) in [7, 11) is 0. The Balaban J connectivity index is 1.59. The van der Waals surface area contributed by atoms with Crippen LogP contribution in [0.4, 0.5) is 5.82 Å². The van der Waals surface area contributed by atoms with Crippen LogP contribution >= 0.6 is 15.9 Å². The zero-order valence-corrected chi connectivity index (χ0v) is 16.4. The monoisotopic (exact) mass is 426 g/mol. The number of hydrogen-bond acceptors (Lipinski definition) is 3. The third-order valence-corrected chi connectivity index (χ3v) is 4.32. The minimum atomic E-state index is -0.196. The Morgan fingerprint density at radius 2 is 1.85 bits per heavy atom. The lowest BCUT2D eigenvalue weighted by atomic mass is 10.2. The molecule has 27 heavy (non-hydrogen) atoms. The van der Waals surface area contributed by atoms with Gasteiger partial charge in [-0.3, -0.25) is 9.59 Å². The van der Waals surface area contributed by atoms with Crippen molar-refractivity contribution in [1.82, 2.24) is 15.1 Å². The van der Waals surface area contributed by atoms with Gasteiger partial charge in [0, 0.05) is 29.1 Å². The van der Waals surface area contributed by atoms with Gasteiger partial charge in [-0.1, -0.05) is 40.2 Å². The highest BCUT2D eigenvalue weighted by atomic mass is 79.9. The predicted molar refractivity (Wildman–Crippen MR) is 108 cm³/mol. The second-order valence-corrected chi connectivity index (χ2v) is 6.90. The first-order valence-corrected chi connectivity index (χ1v) is 9.28. The smallest absolute Gasteiger partial charge is 0.251 e. The van der Waals surface area contributed by atoms with Gasteiger partial charge in [0.1, 0.15) is 5.82 Å². The van der Waals surface area contributed by atoms with Crippen molar-refractivity contribution in [3.63, 3.8) is 0 Å². The molecule has 0 radical (unpaired) electrons. The lowest BCUT2D eigenvalue weighted by Crippen LogP contribution is -2.27. The van der Waals surface area contributed by atoms with E-state index in [0.29, 0.717) is 11.4 Å². The molecule has 0 saturated carbocycles. The third-order valence-electron chi connectivity index (χ3n) is 3.83. The van der Waals surface area contributed by atoms with Crippen molar-refractivity contribution in [1.29, 1.82) is 0 Å². The van der Waals surface area contributed by atoms with Crippen molar-refractivity contribution in [3.8, 4) is 5.69 Å². The van der Waals surface area contributed by atoms with Gasteiger partial charge in [0.15, 0.2) is 0 Å². The zero-order valence-electron chi connectivity index (χ0n) is 14.8. The van der Waals surface area contributed by atoms with Gasteiger partial charge in [0.25, 0.3) is 5.91 Å². The van der Waals surface area contributed by atoms with Crippen LogP contribution in [0.25, 0.3) is 5.69 Å². The van der Waals surface area contributed by atoms with Gasteiger partial charge in [0.05, 0.1) is 11.4 Å². The topological polar surface area (TPSA) is 76.0 Å². The molecular weight excluding hydrogens is 408 g/mol. The number of nitrogens with zero attached hydrogens (tertiary/aromatic N) is 2. The van der Waals surface area contributed by atoms with Gasteiger partial charge in [-0.05, 0) is 37.3 Å². The summed E-state index contributed by atoms with van der Waals surface area (Å²) in [5, 5.41) is 10.0. The fourth-order valence-corrected chi connectivity index (χ4v) is 2.97. The zero-order chi connectivity index (χ0) is 19.2. The molecule has 1 aromatic heterocycles. The summed E-state index contributed by atoms with van der Waals surface area (Å²) < 4.78 is 2.61. The van der Waals surface area contributed by atoms with Gasteiger partial charge in [-0.15, -0.1) is 0 Å². The quantitative estimate of drug-likeness (QED) is 0.630. The molecule has 0 aliphatic heterocycles. The highest BCUT2D eigenvalue weighted by Crippen LogP contribution is 2.20. The largest absolute Gasteiger partial charge is 0.352 e. The Kier molecular flexibility index (Phi) is 6.03. The maximum absolute atomic E-state index is 12.3. The number of rotatable bonds is 6. The fraction of sp³-hybridized carbons (Fsp3) is 0.150. The average Bonchev–Trinajstić information content (AvgIpc) is 3.02. The number of hydrogen-bond donors (Lipinski definition) is 2. The molecule has 2 N–H and O–H groups in total. The van der Waals surface area contributed by atoms with Gasteiger partial charge < -0.3 is 10.6 Å². The Labute approximate surface area is 165 Å². The molecule has 0 aliphatic rings. The van der Waals surface area contributed by atoms with Crippen molar-refractivity contribution >= 4 is 33.6 Å². The van der Waals surface area contributed by atoms with Crippen LogP contribution in [0.3, 0.4) is 0 Å². The molecule has 3 aromatic rings. The van der Waals surface area contributed by atoms with Crippen LogP contribution in [0.1, 0.15) is 22.5 Å². The summed E-state index contributed by atoms with van der Waals surface area (Å²) in [6.45, 7) is 2.12. The fourth-order valence-electron chi connectivity index (χ4n) is 2.58. The van der Waals surface area contributed by atoms with Crippen LogP contribution in [-0.2, 0) is 4.79 Å². The highest BCUT2D eigenvalue weighted by molar-refractivity contribution is 9.10. The van der Waals surface area contributed by atoms with Crippen molar-refractivity contribution in [2.24, 2.45) is 0 Å². The molecule has 2 amide bonds. The maximum atomic E-state index is 12.3. The molecule has 0 spiro atoms. The molecule has 7 heteroatoms.